The van der Waals surface area contributed by atoms with Crippen molar-refractivity contribution in [2.45, 2.75) is 25.0 Å². The summed E-state index contributed by atoms with van der Waals surface area (Å²) in [6.07, 6.45) is 5.28. The lowest BCUT2D eigenvalue weighted by atomic mass is 9.89. The number of morpholine rings is 1. The van der Waals surface area contributed by atoms with E-state index in [-0.39, 0.29) is 11.5 Å². The van der Waals surface area contributed by atoms with E-state index in [1.54, 1.807) is 18.0 Å². The van der Waals surface area contributed by atoms with Crippen LogP contribution in [0.3, 0.4) is 0 Å². The monoisotopic (exact) mass is 347 g/mol. The van der Waals surface area contributed by atoms with Crippen LogP contribution < -0.4 is 0 Å². The van der Waals surface area contributed by atoms with E-state index in [2.05, 4.69) is 9.88 Å². The molecule has 0 radical (unpaired) electrons. The molecule has 4 rings (SSSR count). The standard InChI is InChI=1S/C17H21N3O3S/c21-16(15-11-24-13-18-15)20-4-2-17(3-5-20)12-19(6-8-23-17)9-14-1-7-22-10-14/h1,7,10-11,13H,2-6,8-9,12H2. The first kappa shape index (κ1) is 15.8. The minimum atomic E-state index is -0.124. The Hall–Kier alpha value is -1.70. The SMILES string of the molecule is O=C(c1cscn1)N1CCC2(CC1)CN(Cc1ccoc1)CCO2. The third-order valence-corrected chi connectivity index (χ3v) is 5.51. The number of thiazole rings is 1. The molecule has 0 aliphatic carbocycles. The number of rotatable bonds is 3. The van der Waals surface area contributed by atoms with Gasteiger partial charge < -0.3 is 14.1 Å². The summed E-state index contributed by atoms with van der Waals surface area (Å²) in [6.45, 7) is 4.96. The van der Waals surface area contributed by atoms with Crippen LogP contribution in [0.5, 0.6) is 0 Å². The molecule has 128 valence electrons. The molecule has 24 heavy (non-hydrogen) atoms. The largest absolute Gasteiger partial charge is 0.472 e. The van der Waals surface area contributed by atoms with Crippen LogP contribution in [0, 0.1) is 0 Å². The smallest absolute Gasteiger partial charge is 0.273 e. The van der Waals surface area contributed by atoms with Gasteiger partial charge >= 0.3 is 0 Å². The number of hydrogen-bond acceptors (Lipinski definition) is 6. The molecule has 2 aromatic heterocycles. The fourth-order valence-electron chi connectivity index (χ4n) is 3.60. The molecule has 2 aliphatic heterocycles. The van der Waals surface area contributed by atoms with Crippen molar-refractivity contribution in [3.8, 4) is 0 Å². The highest BCUT2D eigenvalue weighted by Crippen LogP contribution is 2.31. The molecule has 2 saturated heterocycles. The lowest BCUT2D eigenvalue weighted by Crippen LogP contribution is -2.57. The average molecular weight is 347 g/mol. The van der Waals surface area contributed by atoms with Crippen molar-refractivity contribution in [1.29, 1.82) is 0 Å². The van der Waals surface area contributed by atoms with Crippen molar-refractivity contribution in [1.82, 2.24) is 14.8 Å². The van der Waals surface area contributed by atoms with Crippen LogP contribution in [-0.4, -0.2) is 59.1 Å². The van der Waals surface area contributed by atoms with E-state index in [0.29, 0.717) is 5.69 Å². The van der Waals surface area contributed by atoms with Crippen molar-refractivity contribution in [3.05, 3.63) is 40.7 Å². The summed E-state index contributed by atoms with van der Waals surface area (Å²) < 4.78 is 11.3. The van der Waals surface area contributed by atoms with Gasteiger partial charge in [0.2, 0.25) is 0 Å². The molecule has 0 N–H and O–H groups in total. The second-order valence-electron chi connectivity index (χ2n) is 6.54. The summed E-state index contributed by atoms with van der Waals surface area (Å²) in [5.41, 5.74) is 3.34. The van der Waals surface area contributed by atoms with Gasteiger partial charge in [-0.25, -0.2) is 4.98 Å². The topological polar surface area (TPSA) is 58.8 Å². The Morgan fingerprint density at radius 3 is 2.92 bits per heavy atom. The van der Waals surface area contributed by atoms with Gasteiger partial charge in [-0.15, -0.1) is 11.3 Å². The lowest BCUT2D eigenvalue weighted by molar-refractivity contribution is -0.134. The van der Waals surface area contributed by atoms with E-state index in [1.807, 2.05) is 16.3 Å². The Morgan fingerprint density at radius 1 is 1.33 bits per heavy atom. The van der Waals surface area contributed by atoms with E-state index in [0.717, 1.165) is 52.2 Å². The molecule has 2 aromatic rings. The van der Waals surface area contributed by atoms with Crippen molar-refractivity contribution in [3.63, 3.8) is 0 Å². The summed E-state index contributed by atoms with van der Waals surface area (Å²) in [5.74, 6) is 0.0390. The summed E-state index contributed by atoms with van der Waals surface area (Å²) in [4.78, 5) is 20.9. The molecule has 2 fully saturated rings. The predicted molar refractivity (Wildman–Crippen MR) is 89.9 cm³/mol. The Bertz CT molecular complexity index is 663. The van der Waals surface area contributed by atoms with Gasteiger partial charge in [-0.3, -0.25) is 9.69 Å². The normalized spacial score (nSPS) is 21.2. The molecular formula is C17H21N3O3S. The van der Waals surface area contributed by atoms with Crippen LogP contribution in [0.2, 0.25) is 0 Å². The van der Waals surface area contributed by atoms with Crippen LogP contribution in [-0.2, 0) is 11.3 Å². The van der Waals surface area contributed by atoms with Crippen molar-refractivity contribution in [2.75, 3.05) is 32.8 Å². The Labute approximate surface area is 145 Å². The number of likely N-dealkylation sites (tertiary alicyclic amines) is 1. The molecule has 0 unspecified atom stereocenters. The van der Waals surface area contributed by atoms with Gasteiger partial charge in [0.15, 0.2) is 0 Å². The van der Waals surface area contributed by atoms with Crippen molar-refractivity contribution < 1.29 is 13.9 Å². The fraction of sp³-hybridized carbons (Fsp3) is 0.529. The third kappa shape index (κ3) is 3.24. The quantitative estimate of drug-likeness (QED) is 0.852. The zero-order chi connectivity index (χ0) is 16.4. The highest BCUT2D eigenvalue weighted by Gasteiger charge is 2.40. The number of piperidine rings is 1. The highest BCUT2D eigenvalue weighted by molar-refractivity contribution is 7.07. The fourth-order valence-corrected chi connectivity index (χ4v) is 4.13. The van der Waals surface area contributed by atoms with Gasteiger partial charge in [-0.1, -0.05) is 0 Å². The Morgan fingerprint density at radius 2 is 2.21 bits per heavy atom. The van der Waals surface area contributed by atoms with Crippen LogP contribution >= 0.6 is 11.3 Å². The van der Waals surface area contributed by atoms with Gasteiger partial charge in [0, 0.05) is 43.7 Å². The first-order valence-electron chi connectivity index (χ1n) is 8.29. The first-order chi connectivity index (χ1) is 11.7. The van der Waals surface area contributed by atoms with E-state index in [9.17, 15) is 4.79 Å². The maximum Gasteiger partial charge on any atom is 0.273 e. The Kier molecular flexibility index (Phi) is 4.39. The maximum atomic E-state index is 12.4. The third-order valence-electron chi connectivity index (χ3n) is 4.93. The molecule has 4 heterocycles. The van der Waals surface area contributed by atoms with Crippen molar-refractivity contribution >= 4 is 17.2 Å². The molecule has 0 aromatic carbocycles. The maximum absolute atomic E-state index is 12.4. The number of carbonyl (C=O) groups excluding carboxylic acids is 1. The number of furan rings is 1. The zero-order valence-electron chi connectivity index (χ0n) is 13.5. The molecule has 6 nitrogen and oxygen atoms in total. The van der Waals surface area contributed by atoms with Crippen LogP contribution in [0.25, 0.3) is 0 Å². The van der Waals surface area contributed by atoms with Crippen LogP contribution in [0.1, 0.15) is 28.9 Å². The number of nitrogens with zero attached hydrogens (tertiary/aromatic N) is 3. The van der Waals surface area contributed by atoms with E-state index >= 15 is 0 Å². The highest BCUT2D eigenvalue weighted by atomic mass is 32.1. The van der Waals surface area contributed by atoms with Gasteiger partial charge in [-0.2, -0.15) is 0 Å². The minimum absolute atomic E-state index is 0.0390. The second-order valence-corrected chi connectivity index (χ2v) is 7.26. The number of carbonyl (C=O) groups is 1. The molecule has 7 heteroatoms. The number of aromatic nitrogens is 1. The van der Waals surface area contributed by atoms with Gasteiger partial charge in [0.1, 0.15) is 5.69 Å². The molecule has 1 amide bonds. The van der Waals surface area contributed by atoms with E-state index < -0.39 is 0 Å². The minimum Gasteiger partial charge on any atom is -0.472 e. The summed E-state index contributed by atoms with van der Waals surface area (Å²) in [6, 6.07) is 2.01. The summed E-state index contributed by atoms with van der Waals surface area (Å²) >= 11 is 1.46. The number of amides is 1. The first-order valence-corrected chi connectivity index (χ1v) is 9.23. The lowest BCUT2D eigenvalue weighted by Gasteiger charge is -2.47. The van der Waals surface area contributed by atoms with E-state index in [1.165, 1.54) is 16.9 Å². The van der Waals surface area contributed by atoms with Crippen LogP contribution in [0.15, 0.2) is 33.9 Å². The summed E-state index contributed by atoms with van der Waals surface area (Å²) in [5, 5.41) is 1.82. The van der Waals surface area contributed by atoms with Gasteiger partial charge in [0.25, 0.3) is 5.91 Å². The molecule has 0 bridgehead atoms. The molecule has 1 spiro atoms. The average Bonchev–Trinajstić information content (AvgIpc) is 3.29. The number of ether oxygens (including phenoxy) is 1. The van der Waals surface area contributed by atoms with Gasteiger partial charge in [-0.05, 0) is 18.9 Å². The number of hydrogen-bond donors (Lipinski definition) is 0. The Balaban J connectivity index is 1.36. The molecular weight excluding hydrogens is 326 g/mol. The predicted octanol–water partition coefficient (Wildman–Crippen LogP) is 2.24. The molecule has 2 aliphatic rings. The van der Waals surface area contributed by atoms with E-state index in [4.69, 9.17) is 9.15 Å². The second kappa shape index (κ2) is 6.66. The molecule has 0 atom stereocenters. The van der Waals surface area contributed by atoms with Gasteiger partial charge in [0.05, 0.1) is 30.2 Å². The zero-order valence-corrected chi connectivity index (χ0v) is 14.3. The van der Waals surface area contributed by atoms with Crippen LogP contribution in [0.4, 0.5) is 0 Å². The molecule has 0 saturated carbocycles. The summed E-state index contributed by atoms with van der Waals surface area (Å²) in [7, 11) is 0. The van der Waals surface area contributed by atoms with Crippen molar-refractivity contribution in [2.24, 2.45) is 0 Å².